The number of nitrogens with zero attached hydrogens (tertiary/aromatic N) is 1. The van der Waals surface area contributed by atoms with Crippen LogP contribution in [0.5, 0.6) is 0 Å². The van der Waals surface area contributed by atoms with Gasteiger partial charge in [0.25, 0.3) is 5.91 Å². The summed E-state index contributed by atoms with van der Waals surface area (Å²) in [6.45, 7) is 0. The number of methoxy groups -OCH3 is 1. The van der Waals surface area contributed by atoms with Crippen molar-refractivity contribution in [1.29, 1.82) is 0 Å². The summed E-state index contributed by atoms with van der Waals surface area (Å²) in [5.41, 5.74) is 1.70. The molecule has 1 amide bonds. The Kier molecular flexibility index (Phi) is 4.01. The number of hydrogen-bond acceptors (Lipinski definition) is 4. The molecule has 3 rings (SSSR count). The maximum atomic E-state index is 12.4. The second-order valence-electron chi connectivity index (χ2n) is 4.88. The molecule has 0 atom stereocenters. The minimum absolute atomic E-state index is 0.281. The number of para-hydroxylation sites is 2. The Balaban J connectivity index is 1.90. The number of rotatable bonds is 3. The zero-order chi connectivity index (χ0) is 16.2. The molecule has 0 radical (unpaired) electrons. The molecule has 0 aliphatic rings. The van der Waals surface area contributed by atoms with Crippen molar-refractivity contribution in [3.05, 3.63) is 71.9 Å². The number of carbonyl (C=O) groups is 2. The van der Waals surface area contributed by atoms with E-state index in [4.69, 9.17) is 4.74 Å². The topological polar surface area (TPSA) is 68.3 Å². The summed E-state index contributed by atoms with van der Waals surface area (Å²) < 4.78 is 4.72. The molecule has 114 valence electrons. The summed E-state index contributed by atoms with van der Waals surface area (Å²) in [6, 6.07) is 17.7. The van der Waals surface area contributed by atoms with Gasteiger partial charge in [0, 0.05) is 5.39 Å². The van der Waals surface area contributed by atoms with Crippen molar-refractivity contribution in [2.75, 3.05) is 12.4 Å². The lowest BCUT2D eigenvalue weighted by molar-refractivity contribution is 0.0602. The third-order valence-electron chi connectivity index (χ3n) is 3.41. The van der Waals surface area contributed by atoms with Crippen LogP contribution >= 0.6 is 0 Å². The van der Waals surface area contributed by atoms with Gasteiger partial charge in [-0.1, -0.05) is 36.4 Å². The normalized spacial score (nSPS) is 10.3. The van der Waals surface area contributed by atoms with Crippen LogP contribution < -0.4 is 5.32 Å². The second-order valence-corrected chi connectivity index (χ2v) is 4.88. The van der Waals surface area contributed by atoms with E-state index in [1.165, 1.54) is 7.11 Å². The first-order valence-corrected chi connectivity index (χ1v) is 7.03. The van der Waals surface area contributed by atoms with E-state index in [-0.39, 0.29) is 11.6 Å². The SMILES string of the molecule is COC(=O)c1ccccc1NC(=O)c1ccc2ccccc2n1. The molecule has 5 heteroatoms. The van der Waals surface area contributed by atoms with Crippen molar-refractivity contribution in [3.8, 4) is 0 Å². The zero-order valence-electron chi connectivity index (χ0n) is 12.4. The molecule has 2 aromatic carbocycles. The van der Waals surface area contributed by atoms with Crippen LogP contribution in [-0.4, -0.2) is 24.0 Å². The van der Waals surface area contributed by atoms with Gasteiger partial charge in [0.05, 0.1) is 23.9 Å². The fourth-order valence-electron chi connectivity index (χ4n) is 2.26. The lowest BCUT2D eigenvalue weighted by Crippen LogP contribution is -2.16. The monoisotopic (exact) mass is 306 g/mol. The Labute approximate surface area is 132 Å². The van der Waals surface area contributed by atoms with Crippen molar-refractivity contribution in [2.24, 2.45) is 0 Å². The van der Waals surface area contributed by atoms with E-state index in [1.807, 2.05) is 30.3 Å². The minimum Gasteiger partial charge on any atom is -0.465 e. The van der Waals surface area contributed by atoms with Gasteiger partial charge < -0.3 is 10.1 Å². The van der Waals surface area contributed by atoms with Crippen LogP contribution in [0, 0.1) is 0 Å². The molecular weight excluding hydrogens is 292 g/mol. The molecule has 0 saturated heterocycles. The number of amides is 1. The van der Waals surface area contributed by atoms with E-state index < -0.39 is 5.97 Å². The van der Waals surface area contributed by atoms with E-state index in [0.29, 0.717) is 11.3 Å². The number of ether oxygens (including phenoxy) is 1. The van der Waals surface area contributed by atoms with Crippen molar-refractivity contribution < 1.29 is 14.3 Å². The largest absolute Gasteiger partial charge is 0.465 e. The fraction of sp³-hybridized carbons (Fsp3) is 0.0556. The highest BCUT2D eigenvalue weighted by molar-refractivity contribution is 6.07. The number of pyridine rings is 1. The van der Waals surface area contributed by atoms with E-state index in [0.717, 1.165) is 10.9 Å². The summed E-state index contributed by atoms with van der Waals surface area (Å²) in [6.07, 6.45) is 0. The number of carbonyl (C=O) groups excluding carboxylic acids is 2. The minimum atomic E-state index is -0.507. The number of esters is 1. The molecule has 23 heavy (non-hydrogen) atoms. The van der Waals surface area contributed by atoms with Gasteiger partial charge in [0.15, 0.2) is 0 Å². The van der Waals surface area contributed by atoms with Gasteiger partial charge in [-0.2, -0.15) is 0 Å². The molecule has 0 bridgehead atoms. The van der Waals surface area contributed by atoms with E-state index in [9.17, 15) is 9.59 Å². The maximum Gasteiger partial charge on any atom is 0.339 e. The quantitative estimate of drug-likeness (QED) is 0.754. The predicted octanol–water partition coefficient (Wildman–Crippen LogP) is 3.27. The summed E-state index contributed by atoms with van der Waals surface area (Å²) >= 11 is 0. The number of nitrogens with one attached hydrogen (secondary N) is 1. The molecule has 3 aromatic rings. The van der Waals surface area contributed by atoms with Crippen LogP contribution in [-0.2, 0) is 4.74 Å². The van der Waals surface area contributed by atoms with Crippen molar-refractivity contribution in [3.63, 3.8) is 0 Å². The Bertz CT molecular complexity index is 890. The molecule has 1 aromatic heterocycles. The van der Waals surface area contributed by atoms with E-state index >= 15 is 0 Å². The molecular formula is C18H14N2O3. The maximum absolute atomic E-state index is 12.4. The highest BCUT2D eigenvalue weighted by Gasteiger charge is 2.15. The van der Waals surface area contributed by atoms with Gasteiger partial charge >= 0.3 is 5.97 Å². The molecule has 0 aliphatic heterocycles. The fourth-order valence-corrected chi connectivity index (χ4v) is 2.26. The van der Waals surface area contributed by atoms with Gasteiger partial charge in [-0.05, 0) is 24.3 Å². The van der Waals surface area contributed by atoms with Crippen molar-refractivity contribution in [1.82, 2.24) is 4.98 Å². The predicted molar refractivity (Wildman–Crippen MR) is 87.5 cm³/mol. The molecule has 1 N–H and O–H groups in total. The summed E-state index contributed by atoms with van der Waals surface area (Å²) in [5.74, 6) is -0.889. The van der Waals surface area contributed by atoms with Crippen LogP contribution in [0.2, 0.25) is 0 Å². The van der Waals surface area contributed by atoms with Crippen LogP contribution in [0.4, 0.5) is 5.69 Å². The summed E-state index contributed by atoms with van der Waals surface area (Å²) in [7, 11) is 1.30. The number of hydrogen-bond donors (Lipinski definition) is 1. The van der Waals surface area contributed by atoms with Gasteiger partial charge in [-0.15, -0.1) is 0 Å². The highest BCUT2D eigenvalue weighted by atomic mass is 16.5. The average Bonchev–Trinajstić information content (AvgIpc) is 2.61. The molecule has 0 aliphatic carbocycles. The standard InChI is InChI=1S/C18H14N2O3/c1-23-18(22)13-7-3-5-9-15(13)20-17(21)16-11-10-12-6-2-4-8-14(12)19-16/h2-11H,1H3,(H,20,21). The number of aromatic nitrogens is 1. The van der Waals surface area contributed by atoms with Crippen molar-refractivity contribution in [2.45, 2.75) is 0 Å². The lowest BCUT2D eigenvalue weighted by Gasteiger charge is -2.09. The third-order valence-corrected chi connectivity index (χ3v) is 3.41. The number of fused-ring (bicyclic) bond motifs is 1. The number of anilines is 1. The Morgan fingerprint density at radius 2 is 1.70 bits per heavy atom. The van der Waals surface area contributed by atoms with Crippen LogP contribution in [0.25, 0.3) is 10.9 Å². The zero-order valence-corrected chi connectivity index (χ0v) is 12.4. The molecule has 0 spiro atoms. The molecule has 0 saturated carbocycles. The Morgan fingerprint density at radius 3 is 2.52 bits per heavy atom. The molecule has 0 fully saturated rings. The molecule has 5 nitrogen and oxygen atoms in total. The average molecular weight is 306 g/mol. The molecule has 0 unspecified atom stereocenters. The third kappa shape index (κ3) is 3.03. The van der Waals surface area contributed by atoms with Crippen molar-refractivity contribution >= 4 is 28.5 Å². The lowest BCUT2D eigenvalue weighted by atomic mass is 10.1. The second kappa shape index (κ2) is 6.27. The van der Waals surface area contributed by atoms with E-state index in [2.05, 4.69) is 10.3 Å². The first kappa shape index (κ1) is 14.7. The number of benzene rings is 2. The first-order chi connectivity index (χ1) is 11.2. The highest BCUT2D eigenvalue weighted by Crippen LogP contribution is 2.18. The summed E-state index contributed by atoms with van der Waals surface area (Å²) in [4.78, 5) is 28.5. The van der Waals surface area contributed by atoms with Crippen LogP contribution in [0.15, 0.2) is 60.7 Å². The van der Waals surface area contributed by atoms with Crippen LogP contribution in [0.3, 0.4) is 0 Å². The Hall–Kier alpha value is -3.21. The summed E-state index contributed by atoms with van der Waals surface area (Å²) in [5, 5.41) is 3.66. The van der Waals surface area contributed by atoms with E-state index in [1.54, 1.807) is 30.3 Å². The Morgan fingerprint density at radius 1 is 0.957 bits per heavy atom. The van der Waals surface area contributed by atoms with Gasteiger partial charge in [-0.3, -0.25) is 4.79 Å². The van der Waals surface area contributed by atoms with Gasteiger partial charge in [0.1, 0.15) is 5.69 Å². The van der Waals surface area contributed by atoms with Gasteiger partial charge in [-0.25, -0.2) is 9.78 Å². The first-order valence-electron chi connectivity index (χ1n) is 7.03. The molecule has 1 heterocycles. The van der Waals surface area contributed by atoms with Gasteiger partial charge in [0.2, 0.25) is 0 Å². The smallest absolute Gasteiger partial charge is 0.339 e. The van der Waals surface area contributed by atoms with Crippen LogP contribution in [0.1, 0.15) is 20.8 Å².